The van der Waals surface area contributed by atoms with E-state index in [4.69, 9.17) is 4.42 Å². The molecule has 3 rings (SSSR count). The average Bonchev–Trinajstić information content (AvgIpc) is 3.10. The van der Waals surface area contributed by atoms with Crippen LogP contribution in [0.25, 0.3) is 11.5 Å². The zero-order valence-electron chi connectivity index (χ0n) is 11.7. The van der Waals surface area contributed by atoms with Gasteiger partial charge >= 0.3 is 0 Å². The molecule has 0 saturated heterocycles. The summed E-state index contributed by atoms with van der Waals surface area (Å²) in [4.78, 5) is 0. The number of anilines is 1. The van der Waals surface area contributed by atoms with Crippen LogP contribution < -0.4 is 5.32 Å². The van der Waals surface area contributed by atoms with E-state index in [0.29, 0.717) is 6.54 Å². The van der Waals surface area contributed by atoms with Gasteiger partial charge in [-0.2, -0.15) is 10.2 Å². The molecular weight excluding hydrogens is 254 g/mol. The lowest BCUT2D eigenvalue weighted by Crippen LogP contribution is -2.01. The first kappa shape index (κ1) is 12.5. The second-order valence-electron chi connectivity index (χ2n) is 4.84. The number of nitrogens with one attached hydrogen (secondary N) is 3. The highest BCUT2D eigenvalue weighted by atomic mass is 16.3. The number of aromatic amines is 2. The standard InChI is InChI=1S/C14H17N5O/c1-8-4-5-12(20-8)14-11(7-16-19-14)6-15-13-9(2)17-18-10(13)3/h4-5,7,15H,6H2,1-3H3,(H,16,19)(H,17,18). The van der Waals surface area contributed by atoms with Gasteiger partial charge in [0.25, 0.3) is 0 Å². The molecule has 20 heavy (non-hydrogen) atoms. The van der Waals surface area contributed by atoms with Crippen molar-refractivity contribution in [2.45, 2.75) is 27.3 Å². The molecule has 0 aliphatic carbocycles. The molecule has 0 aliphatic heterocycles. The number of furan rings is 1. The Bertz CT molecular complexity index is 702. The summed E-state index contributed by atoms with van der Waals surface area (Å²) in [6.07, 6.45) is 1.81. The van der Waals surface area contributed by atoms with E-state index in [2.05, 4.69) is 25.7 Å². The fourth-order valence-electron chi connectivity index (χ4n) is 2.22. The monoisotopic (exact) mass is 271 g/mol. The summed E-state index contributed by atoms with van der Waals surface area (Å²) >= 11 is 0. The minimum Gasteiger partial charge on any atom is -0.460 e. The van der Waals surface area contributed by atoms with Gasteiger partial charge in [-0.15, -0.1) is 0 Å². The Balaban J connectivity index is 1.81. The van der Waals surface area contributed by atoms with Crippen LogP contribution in [0.2, 0.25) is 0 Å². The number of hydrogen-bond donors (Lipinski definition) is 3. The maximum atomic E-state index is 5.64. The summed E-state index contributed by atoms with van der Waals surface area (Å²) in [6.45, 7) is 6.55. The van der Waals surface area contributed by atoms with Crippen molar-refractivity contribution in [3.05, 3.63) is 41.0 Å². The summed E-state index contributed by atoms with van der Waals surface area (Å²) < 4.78 is 5.64. The Morgan fingerprint density at radius 2 is 2.05 bits per heavy atom. The van der Waals surface area contributed by atoms with Crippen LogP contribution in [0.3, 0.4) is 0 Å². The first-order chi connectivity index (χ1) is 9.65. The molecule has 0 radical (unpaired) electrons. The highest BCUT2D eigenvalue weighted by molar-refractivity contribution is 5.59. The van der Waals surface area contributed by atoms with E-state index in [-0.39, 0.29) is 0 Å². The van der Waals surface area contributed by atoms with Gasteiger partial charge in [0.05, 0.1) is 23.3 Å². The van der Waals surface area contributed by atoms with Gasteiger partial charge in [0.2, 0.25) is 0 Å². The molecule has 0 fully saturated rings. The van der Waals surface area contributed by atoms with E-state index >= 15 is 0 Å². The molecule has 104 valence electrons. The minimum atomic E-state index is 0.660. The molecule has 3 heterocycles. The Labute approximate surface area is 116 Å². The fourth-order valence-corrected chi connectivity index (χ4v) is 2.22. The lowest BCUT2D eigenvalue weighted by molar-refractivity contribution is 0.545. The maximum Gasteiger partial charge on any atom is 0.152 e. The van der Waals surface area contributed by atoms with Crippen molar-refractivity contribution < 1.29 is 4.42 Å². The Kier molecular flexibility index (Phi) is 3.06. The van der Waals surface area contributed by atoms with Crippen LogP contribution in [-0.4, -0.2) is 20.4 Å². The number of nitrogens with zero attached hydrogens (tertiary/aromatic N) is 2. The molecule has 0 bridgehead atoms. The van der Waals surface area contributed by atoms with E-state index in [1.807, 2.05) is 39.1 Å². The van der Waals surface area contributed by atoms with Crippen molar-refractivity contribution in [1.82, 2.24) is 20.4 Å². The third kappa shape index (κ3) is 2.20. The average molecular weight is 271 g/mol. The second-order valence-corrected chi connectivity index (χ2v) is 4.84. The second kappa shape index (κ2) is 4.88. The molecule has 3 aromatic rings. The van der Waals surface area contributed by atoms with Gasteiger partial charge in [0.15, 0.2) is 5.76 Å². The number of aryl methyl sites for hydroxylation is 3. The van der Waals surface area contributed by atoms with E-state index in [1.54, 1.807) is 0 Å². The largest absolute Gasteiger partial charge is 0.460 e. The summed E-state index contributed by atoms with van der Waals surface area (Å²) in [5.41, 5.74) is 4.99. The number of hydrogen-bond acceptors (Lipinski definition) is 4. The van der Waals surface area contributed by atoms with Gasteiger partial charge < -0.3 is 9.73 Å². The van der Waals surface area contributed by atoms with Gasteiger partial charge in [-0.25, -0.2) is 0 Å². The Morgan fingerprint density at radius 3 is 2.70 bits per heavy atom. The fraction of sp³-hybridized carbons (Fsp3) is 0.286. The van der Waals surface area contributed by atoms with Crippen LogP contribution in [0.1, 0.15) is 22.7 Å². The van der Waals surface area contributed by atoms with Crippen molar-refractivity contribution in [2.24, 2.45) is 0 Å². The topological polar surface area (TPSA) is 82.5 Å². The van der Waals surface area contributed by atoms with E-state index in [1.165, 1.54) is 0 Å². The van der Waals surface area contributed by atoms with Crippen LogP contribution in [0, 0.1) is 20.8 Å². The zero-order chi connectivity index (χ0) is 14.1. The Hall–Kier alpha value is -2.50. The van der Waals surface area contributed by atoms with Gasteiger partial charge in [0.1, 0.15) is 11.5 Å². The minimum absolute atomic E-state index is 0.660. The molecule has 6 heteroatoms. The van der Waals surface area contributed by atoms with Crippen LogP contribution in [0.4, 0.5) is 5.69 Å². The molecule has 0 atom stereocenters. The van der Waals surface area contributed by atoms with E-state index < -0.39 is 0 Å². The predicted molar refractivity (Wildman–Crippen MR) is 76.4 cm³/mol. The quantitative estimate of drug-likeness (QED) is 0.681. The number of rotatable bonds is 4. The number of H-pyrrole nitrogens is 2. The molecule has 0 unspecified atom stereocenters. The van der Waals surface area contributed by atoms with E-state index in [0.717, 1.165) is 39.9 Å². The lowest BCUT2D eigenvalue weighted by Gasteiger charge is -2.06. The van der Waals surface area contributed by atoms with Crippen molar-refractivity contribution in [3.63, 3.8) is 0 Å². The molecule has 0 aromatic carbocycles. The zero-order valence-corrected chi connectivity index (χ0v) is 11.7. The summed E-state index contributed by atoms with van der Waals surface area (Å²) in [5.74, 6) is 1.69. The van der Waals surface area contributed by atoms with Crippen LogP contribution in [-0.2, 0) is 6.54 Å². The first-order valence-electron chi connectivity index (χ1n) is 6.49. The third-order valence-corrected chi connectivity index (χ3v) is 3.29. The normalized spacial score (nSPS) is 10.9. The van der Waals surface area contributed by atoms with Crippen LogP contribution in [0.15, 0.2) is 22.7 Å². The van der Waals surface area contributed by atoms with Crippen molar-refractivity contribution in [2.75, 3.05) is 5.32 Å². The summed E-state index contributed by atoms with van der Waals surface area (Å²) in [6, 6.07) is 3.89. The SMILES string of the molecule is Cc1ccc(-c2[nH]ncc2CNc2c(C)n[nH]c2C)o1. The van der Waals surface area contributed by atoms with Crippen molar-refractivity contribution in [1.29, 1.82) is 0 Å². The summed E-state index contributed by atoms with van der Waals surface area (Å²) in [5, 5.41) is 17.6. The smallest absolute Gasteiger partial charge is 0.152 e. The molecule has 3 N–H and O–H groups in total. The van der Waals surface area contributed by atoms with Crippen molar-refractivity contribution >= 4 is 5.69 Å². The van der Waals surface area contributed by atoms with Gasteiger partial charge in [-0.3, -0.25) is 10.2 Å². The Morgan fingerprint density at radius 1 is 1.20 bits per heavy atom. The number of aromatic nitrogens is 4. The summed E-state index contributed by atoms with van der Waals surface area (Å²) in [7, 11) is 0. The third-order valence-electron chi connectivity index (χ3n) is 3.29. The molecule has 0 amide bonds. The molecule has 3 aromatic heterocycles. The molecular formula is C14H17N5O. The first-order valence-corrected chi connectivity index (χ1v) is 6.49. The van der Waals surface area contributed by atoms with E-state index in [9.17, 15) is 0 Å². The highest BCUT2D eigenvalue weighted by Gasteiger charge is 2.12. The van der Waals surface area contributed by atoms with Gasteiger partial charge in [-0.05, 0) is 32.9 Å². The lowest BCUT2D eigenvalue weighted by atomic mass is 10.2. The molecule has 6 nitrogen and oxygen atoms in total. The van der Waals surface area contributed by atoms with Gasteiger partial charge in [-0.1, -0.05) is 0 Å². The molecule has 0 aliphatic rings. The molecule has 0 saturated carbocycles. The van der Waals surface area contributed by atoms with Gasteiger partial charge in [0, 0.05) is 12.1 Å². The van der Waals surface area contributed by atoms with Crippen LogP contribution >= 0.6 is 0 Å². The van der Waals surface area contributed by atoms with Crippen molar-refractivity contribution in [3.8, 4) is 11.5 Å². The maximum absolute atomic E-state index is 5.64. The molecule has 0 spiro atoms. The van der Waals surface area contributed by atoms with Crippen LogP contribution in [0.5, 0.6) is 0 Å². The highest BCUT2D eigenvalue weighted by Crippen LogP contribution is 2.25. The predicted octanol–water partition coefficient (Wildman–Crippen LogP) is 2.93.